The second-order valence-corrected chi connectivity index (χ2v) is 30.9. The Labute approximate surface area is 732 Å². The van der Waals surface area contributed by atoms with Crippen molar-refractivity contribution >= 4 is 151 Å². The lowest BCUT2D eigenvalue weighted by molar-refractivity contribution is -0.144. The van der Waals surface area contributed by atoms with Crippen LogP contribution in [0.1, 0.15) is 16.7 Å². The van der Waals surface area contributed by atoms with Crippen LogP contribution in [0.25, 0.3) is 82.5 Å². The first-order valence-electron chi connectivity index (χ1n) is 40.6. The summed E-state index contributed by atoms with van der Waals surface area (Å²) in [7, 11) is 0. The molecule has 26 heteroatoms. The quantitative estimate of drug-likeness (QED) is 0.0631. The Hall–Kier alpha value is -16.1. The van der Waals surface area contributed by atoms with Gasteiger partial charge in [0.25, 0.3) is 0 Å². The van der Waals surface area contributed by atoms with Gasteiger partial charge in [0.1, 0.15) is 28.2 Å². The number of halogens is 18. The summed E-state index contributed by atoms with van der Waals surface area (Å²) in [6.07, 6.45) is -11.7. The van der Waals surface area contributed by atoms with Crippen LogP contribution in [0.3, 0.4) is 0 Å². The Morgan fingerprint density at radius 3 is 0.557 bits per heavy atom. The van der Waals surface area contributed by atoms with Gasteiger partial charge in [0, 0.05) is 123 Å². The molecule has 0 aliphatic rings. The average Bonchev–Trinajstić information content (AvgIpc) is 1.04. The normalized spacial score (nSPS) is 11.9. The summed E-state index contributed by atoms with van der Waals surface area (Å²) >= 11 is 0. The molecule has 646 valence electrons. The van der Waals surface area contributed by atoms with Crippen LogP contribution in [0, 0.1) is 76.7 Å². The smallest absolute Gasteiger partial charge is 0.311 e. The summed E-state index contributed by atoms with van der Waals surface area (Å²) in [5.74, 6) is -26.3. The fourth-order valence-electron chi connectivity index (χ4n) is 17.6. The molecule has 0 bridgehead atoms. The molecular weight excluding hydrogens is 1720 g/mol. The second-order valence-electron chi connectivity index (χ2n) is 30.9. The second kappa shape index (κ2) is 32.3. The lowest BCUT2D eigenvalue weighted by Gasteiger charge is -2.30. The van der Waals surface area contributed by atoms with Crippen molar-refractivity contribution in [2.24, 2.45) is 0 Å². The molecule has 0 aliphatic heterocycles. The molecule has 0 N–H and O–H groups in total. The first-order valence-corrected chi connectivity index (χ1v) is 40.6. The van der Waals surface area contributed by atoms with E-state index in [1.165, 1.54) is 42.5 Å². The van der Waals surface area contributed by atoms with Crippen LogP contribution in [0.2, 0.25) is 0 Å². The zero-order chi connectivity index (χ0) is 90.9. The van der Waals surface area contributed by atoms with Crippen LogP contribution in [-0.4, -0.2) is 13.7 Å². The van der Waals surface area contributed by atoms with Gasteiger partial charge in [0.05, 0.1) is 33.1 Å². The Balaban J connectivity index is 0.775. The van der Waals surface area contributed by atoms with Crippen LogP contribution < -0.4 is 24.5 Å². The average molecular weight is 1780 g/mol. The number of hydrogen-bond acceptors (Lipinski definition) is 5. The van der Waals surface area contributed by atoms with E-state index in [0.29, 0.717) is 73.3 Å². The van der Waals surface area contributed by atoms with Gasteiger partial charge in [0.15, 0.2) is 69.8 Å². The fraction of sp³-hybridized carbons (Fsp3) is 0.0286. The molecule has 0 atom stereocenters. The summed E-state index contributed by atoms with van der Waals surface area (Å²) in [6, 6.07) is 100.0. The third kappa shape index (κ3) is 13.9. The molecule has 17 aromatic carbocycles. The molecule has 131 heavy (non-hydrogen) atoms. The Bertz CT molecular complexity index is 7370. The number of hydrogen-bond donors (Lipinski definition) is 0. The highest BCUT2D eigenvalue weighted by molar-refractivity contribution is 6.14. The highest BCUT2D eigenvalue weighted by Gasteiger charge is 2.45. The van der Waals surface area contributed by atoms with Gasteiger partial charge >= 0.3 is 12.4 Å². The maximum Gasteiger partial charge on any atom is 0.422 e. The van der Waals surface area contributed by atoms with Gasteiger partial charge in [-0.3, -0.25) is 0 Å². The van der Waals surface area contributed by atoms with E-state index >= 15 is 52.7 Å². The van der Waals surface area contributed by atoms with E-state index in [1.54, 1.807) is 133 Å². The summed E-state index contributed by atoms with van der Waals surface area (Å²) in [4.78, 5) is 9.58. The maximum atomic E-state index is 16.5. The molecule has 0 fully saturated rings. The zero-order valence-corrected chi connectivity index (χ0v) is 67.8. The number of rotatable bonds is 18. The Kier molecular flexibility index (Phi) is 20.5. The summed E-state index contributed by atoms with van der Waals surface area (Å²) in [6.45, 7) is 0.913. The van der Waals surface area contributed by atoms with Crippen LogP contribution in [0.4, 0.5) is 164 Å². The highest BCUT2D eigenvalue weighted by Crippen LogP contribution is 2.51. The number of anilines is 15. The summed E-state index contributed by atoms with van der Waals surface area (Å²) in [5, 5.41) is 1.73. The van der Waals surface area contributed by atoms with Gasteiger partial charge in [-0.05, 0) is 225 Å². The largest absolute Gasteiger partial charge is 0.422 e. The van der Waals surface area contributed by atoms with Crippen molar-refractivity contribution in [2.45, 2.75) is 19.3 Å². The number of para-hydroxylation sites is 7. The summed E-state index contributed by atoms with van der Waals surface area (Å²) in [5.41, 5.74) is -1.67. The maximum absolute atomic E-state index is 16.5. The van der Waals surface area contributed by atoms with Gasteiger partial charge < -0.3 is 38.2 Å². The SMILES string of the molecule is Cc1c(F)c(F)c(-n2c3ccccc3c3cc(N(c4ccc(N(c5ccc(N(c6ccccc6)c6ccccc6)cc5)c5ccc6c(c5)c5ccccc5n6-c5c(F)c(F)c(C(F)(F)F)c(F)c5F)cc4)c4ccc(N(c5ccc(N(c6ccccc6)c6ccccc6)cc5)c5ccc6c(c5)c5ccccc5n6-c5c(F)c(F)c(C(F)(F)F)c(F)c5F)cc4)ccc32)c(F)c1F. The lowest BCUT2D eigenvalue weighted by atomic mass is 10.1. The van der Waals surface area contributed by atoms with Gasteiger partial charge in [0.2, 0.25) is 0 Å². The minimum atomic E-state index is -5.83. The topological polar surface area (TPSA) is 31.0 Å². The third-order valence-electron chi connectivity index (χ3n) is 23.4. The molecule has 3 aromatic heterocycles. The number of aromatic nitrogens is 3. The van der Waals surface area contributed by atoms with Crippen molar-refractivity contribution < 1.29 is 79.0 Å². The molecule has 0 saturated heterocycles. The Morgan fingerprint density at radius 1 is 0.176 bits per heavy atom. The van der Waals surface area contributed by atoms with E-state index in [4.69, 9.17) is 0 Å². The van der Waals surface area contributed by atoms with E-state index in [-0.39, 0.29) is 54.6 Å². The molecule has 20 aromatic rings. The van der Waals surface area contributed by atoms with Crippen molar-refractivity contribution in [3.05, 3.63) is 432 Å². The monoisotopic (exact) mass is 1770 g/mol. The molecular formula is C105H60F18N8. The predicted molar refractivity (Wildman–Crippen MR) is 477 cm³/mol. The molecule has 0 saturated carbocycles. The third-order valence-corrected chi connectivity index (χ3v) is 23.4. The molecule has 0 radical (unpaired) electrons. The first kappa shape index (κ1) is 83.1. The van der Waals surface area contributed by atoms with Crippen molar-refractivity contribution in [3.8, 4) is 17.1 Å². The van der Waals surface area contributed by atoms with Gasteiger partial charge in [-0.15, -0.1) is 0 Å². The van der Waals surface area contributed by atoms with Gasteiger partial charge in [-0.25, -0.2) is 52.7 Å². The van der Waals surface area contributed by atoms with E-state index < -0.39 is 116 Å². The predicted octanol–water partition coefficient (Wildman–Crippen LogP) is 32.3. The standard InChI is InChI=1S/C105H60F18N8/c1-59-89(106)95(112)101(96(113)90(59)107)129-81-31-17-14-28-75(81)78-56-72(50-53-84(78)129)128(70-46-42-68(43-47-70)126(66-38-34-64(35-39-66)124(60-20-6-2-7-21-60)61-22-8-3-9-23-61)73-51-54-85-79(57-73)76-29-15-18-32-82(76)130(85)102-97(114)91(108)87(104(118,119)120)92(109)98(102)115)71-48-44-69(45-49-71)127(67-40-36-65(37-41-67)125(62-24-10-4-11-25-62)63-26-12-5-13-27-63)74-52-55-86-80(58-74)77-30-16-19-33-83(77)131(86)103-99(116)93(110)88(105(121,122)123)94(111)100(103)117/h2-58H,1H3. The number of fused-ring (bicyclic) bond motifs is 9. The molecule has 3 heterocycles. The first-order chi connectivity index (χ1) is 63.2. The van der Waals surface area contributed by atoms with Gasteiger partial charge in [-0.1, -0.05) is 127 Å². The van der Waals surface area contributed by atoms with E-state index in [2.05, 4.69) is 0 Å². The molecule has 0 amide bonds. The fourth-order valence-corrected chi connectivity index (χ4v) is 17.6. The number of alkyl halides is 6. The van der Waals surface area contributed by atoms with Crippen molar-refractivity contribution in [3.63, 3.8) is 0 Å². The molecule has 8 nitrogen and oxygen atoms in total. The van der Waals surface area contributed by atoms with Crippen molar-refractivity contribution in [1.82, 2.24) is 13.7 Å². The van der Waals surface area contributed by atoms with Crippen molar-refractivity contribution in [1.29, 1.82) is 0 Å². The van der Waals surface area contributed by atoms with Crippen molar-refractivity contribution in [2.75, 3.05) is 24.5 Å². The molecule has 0 aliphatic carbocycles. The summed E-state index contributed by atoms with van der Waals surface area (Å²) < 4.78 is 281. The highest BCUT2D eigenvalue weighted by atomic mass is 19.4. The molecule has 20 rings (SSSR count). The van der Waals surface area contributed by atoms with Crippen LogP contribution >= 0.6 is 0 Å². The molecule has 0 unspecified atom stereocenters. The van der Waals surface area contributed by atoms with Crippen LogP contribution in [0.5, 0.6) is 0 Å². The number of nitrogens with zero attached hydrogens (tertiary/aromatic N) is 8. The Morgan fingerprint density at radius 2 is 0.344 bits per heavy atom. The molecule has 0 spiro atoms. The van der Waals surface area contributed by atoms with Gasteiger partial charge in [-0.2, -0.15) is 26.3 Å². The van der Waals surface area contributed by atoms with Crippen LogP contribution in [0.15, 0.2) is 346 Å². The minimum Gasteiger partial charge on any atom is -0.311 e. The lowest BCUT2D eigenvalue weighted by Crippen LogP contribution is -2.17. The zero-order valence-electron chi connectivity index (χ0n) is 67.8. The van der Waals surface area contributed by atoms with Crippen LogP contribution in [-0.2, 0) is 12.4 Å². The number of benzene rings is 17. The van der Waals surface area contributed by atoms with E-state index in [1.807, 2.05) is 194 Å². The van der Waals surface area contributed by atoms with E-state index in [9.17, 15) is 26.3 Å². The van der Waals surface area contributed by atoms with E-state index in [0.717, 1.165) is 43.4 Å². The minimum absolute atomic E-state index is 0.0390.